The fourth-order valence-corrected chi connectivity index (χ4v) is 1.96. The molecule has 1 atom stereocenters. The molecule has 0 bridgehead atoms. The first-order valence-corrected chi connectivity index (χ1v) is 6.95. The van der Waals surface area contributed by atoms with Crippen molar-refractivity contribution in [3.8, 4) is 0 Å². The minimum Gasteiger partial charge on any atom is -0.464 e. The van der Waals surface area contributed by atoms with E-state index < -0.39 is 0 Å². The number of benzene rings is 1. The second kappa shape index (κ2) is 6.80. The van der Waals surface area contributed by atoms with Gasteiger partial charge in [0.15, 0.2) is 0 Å². The van der Waals surface area contributed by atoms with Crippen LogP contribution in [0.5, 0.6) is 0 Å². The Labute approximate surface area is 128 Å². The molecule has 0 saturated carbocycles. The highest BCUT2D eigenvalue weighted by atomic mass is 16.3. The monoisotopic (exact) mass is 301 g/mol. The summed E-state index contributed by atoms with van der Waals surface area (Å²) in [5, 5.41) is 8.18. The van der Waals surface area contributed by atoms with E-state index in [2.05, 4.69) is 16.0 Å². The largest absolute Gasteiger partial charge is 0.464 e. The number of amides is 3. The van der Waals surface area contributed by atoms with Gasteiger partial charge >= 0.3 is 6.03 Å². The van der Waals surface area contributed by atoms with Crippen molar-refractivity contribution in [1.29, 1.82) is 0 Å². The average Bonchev–Trinajstić information content (AvgIpc) is 2.87. The maximum atomic E-state index is 11.9. The van der Waals surface area contributed by atoms with Gasteiger partial charge in [0.25, 0.3) is 0 Å². The molecule has 6 heteroatoms. The number of rotatable bonds is 4. The molecule has 0 aliphatic carbocycles. The van der Waals surface area contributed by atoms with Gasteiger partial charge in [-0.1, -0.05) is 0 Å². The summed E-state index contributed by atoms with van der Waals surface area (Å²) < 4.78 is 5.47. The minimum absolute atomic E-state index is 0.138. The predicted molar refractivity (Wildman–Crippen MR) is 84.8 cm³/mol. The van der Waals surface area contributed by atoms with Crippen LogP contribution in [0.1, 0.15) is 31.4 Å². The second-order valence-electron chi connectivity index (χ2n) is 5.03. The van der Waals surface area contributed by atoms with E-state index in [4.69, 9.17) is 4.42 Å². The highest BCUT2D eigenvalue weighted by Crippen LogP contribution is 2.16. The van der Waals surface area contributed by atoms with Crippen LogP contribution in [0, 0.1) is 6.92 Å². The van der Waals surface area contributed by atoms with Crippen molar-refractivity contribution in [2.75, 3.05) is 10.6 Å². The Morgan fingerprint density at radius 1 is 1.00 bits per heavy atom. The number of furan rings is 1. The van der Waals surface area contributed by atoms with Crippen LogP contribution < -0.4 is 16.0 Å². The zero-order chi connectivity index (χ0) is 16.1. The first kappa shape index (κ1) is 15.6. The molecule has 0 aliphatic rings. The molecule has 3 amide bonds. The first-order chi connectivity index (χ1) is 10.4. The van der Waals surface area contributed by atoms with Crippen LogP contribution in [0.15, 0.2) is 40.8 Å². The zero-order valence-corrected chi connectivity index (χ0v) is 12.8. The molecule has 2 rings (SSSR count). The van der Waals surface area contributed by atoms with Crippen molar-refractivity contribution in [1.82, 2.24) is 5.32 Å². The van der Waals surface area contributed by atoms with Crippen molar-refractivity contribution in [2.24, 2.45) is 0 Å². The average molecular weight is 301 g/mol. The maximum absolute atomic E-state index is 11.9. The molecule has 3 N–H and O–H groups in total. The van der Waals surface area contributed by atoms with Gasteiger partial charge in [-0.3, -0.25) is 4.79 Å². The van der Waals surface area contributed by atoms with Crippen molar-refractivity contribution in [2.45, 2.75) is 26.8 Å². The Morgan fingerprint density at radius 2 is 1.59 bits per heavy atom. The number of carbonyl (C=O) groups excluding carboxylic acids is 2. The van der Waals surface area contributed by atoms with E-state index in [1.807, 2.05) is 26.0 Å². The summed E-state index contributed by atoms with van der Waals surface area (Å²) in [5.74, 6) is 1.37. The molecule has 6 nitrogen and oxygen atoms in total. The van der Waals surface area contributed by atoms with E-state index in [-0.39, 0.29) is 18.0 Å². The van der Waals surface area contributed by atoms with Crippen molar-refractivity contribution in [3.63, 3.8) is 0 Å². The predicted octanol–water partition coefficient (Wildman–Crippen LogP) is 3.43. The number of carbonyl (C=O) groups is 2. The Bertz CT molecular complexity index is 662. The lowest BCUT2D eigenvalue weighted by Crippen LogP contribution is -2.30. The zero-order valence-electron chi connectivity index (χ0n) is 12.8. The molecule has 116 valence electrons. The summed E-state index contributed by atoms with van der Waals surface area (Å²) in [6, 6.07) is 10.0. The number of nitrogens with one attached hydrogen (secondary N) is 3. The molecule has 1 aromatic carbocycles. The highest BCUT2D eigenvalue weighted by Gasteiger charge is 2.12. The van der Waals surface area contributed by atoms with E-state index in [0.29, 0.717) is 17.1 Å². The van der Waals surface area contributed by atoms with Crippen LogP contribution in [0.3, 0.4) is 0 Å². The fraction of sp³-hybridized carbons (Fsp3) is 0.250. The summed E-state index contributed by atoms with van der Waals surface area (Å²) in [7, 11) is 0. The van der Waals surface area contributed by atoms with Crippen LogP contribution in [0.2, 0.25) is 0 Å². The van der Waals surface area contributed by atoms with Gasteiger partial charge in [0.05, 0.1) is 6.04 Å². The summed E-state index contributed by atoms with van der Waals surface area (Å²) in [6.07, 6.45) is 0. The van der Waals surface area contributed by atoms with Crippen LogP contribution in [-0.4, -0.2) is 11.9 Å². The number of aryl methyl sites for hydroxylation is 1. The molecule has 0 spiro atoms. The number of hydrogen-bond acceptors (Lipinski definition) is 3. The standard InChI is InChI=1S/C16H19N3O3/c1-10-4-9-15(22-10)11(2)17-16(21)19-14-7-5-13(6-8-14)18-12(3)20/h4-9,11H,1-3H3,(H,18,20)(H2,17,19,21)/t11-/m0/s1. The normalized spacial score (nSPS) is 11.6. The van der Waals surface area contributed by atoms with Crippen LogP contribution in [0.25, 0.3) is 0 Å². The topological polar surface area (TPSA) is 83.4 Å². The van der Waals surface area contributed by atoms with Crippen LogP contribution in [0.4, 0.5) is 16.2 Å². The maximum Gasteiger partial charge on any atom is 0.319 e. The quantitative estimate of drug-likeness (QED) is 0.809. The van der Waals surface area contributed by atoms with E-state index in [1.165, 1.54) is 6.92 Å². The Kier molecular flexibility index (Phi) is 4.83. The third kappa shape index (κ3) is 4.37. The number of hydrogen-bond donors (Lipinski definition) is 3. The Morgan fingerprint density at radius 3 is 2.09 bits per heavy atom. The van der Waals surface area contributed by atoms with Gasteiger partial charge < -0.3 is 20.4 Å². The lowest BCUT2D eigenvalue weighted by Gasteiger charge is -2.13. The van der Waals surface area contributed by atoms with Crippen LogP contribution >= 0.6 is 0 Å². The van der Waals surface area contributed by atoms with Gasteiger partial charge in [0, 0.05) is 18.3 Å². The fourth-order valence-electron chi connectivity index (χ4n) is 1.96. The van der Waals surface area contributed by atoms with E-state index in [1.54, 1.807) is 24.3 Å². The molecule has 1 aromatic heterocycles. The Balaban J connectivity index is 1.90. The Hall–Kier alpha value is -2.76. The van der Waals surface area contributed by atoms with Gasteiger partial charge in [0.1, 0.15) is 11.5 Å². The van der Waals surface area contributed by atoms with Crippen molar-refractivity contribution < 1.29 is 14.0 Å². The molecular formula is C16H19N3O3. The smallest absolute Gasteiger partial charge is 0.319 e. The minimum atomic E-state index is -0.325. The van der Waals surface area contributed by atoms with Crippen molar-refractivity contribution >= 4 is 23.3 Å². The van der Waals surface area contributed by atoms with Gasteiger partial charge in [-0.05, 0) is 50.2 Å². The lowest BCUT2D eigenvalue weighted by molar-refractivity contribution is -0.114. The summed E-state index contributed by atoms with van der Waals surface area (Å²) >= 11 is 0. The summed E-state index contributed by atoms with van der Waals surface area (Å²) in [4.78, 5) is 22.9. The molecule has 22 heavy (non-hydrogen) atoms. The summed E-state index contributed by atoms with van der Waals surface area (Å²) in [5.41, 5.74) is 1.31. The van der Waals surface area contributed by atoms with Gasteiger partial charge in [-0.15, -0.1) is 0 Å². The van der Waals surface area contributed by atoms with Gasteiger partial charge in [0.2, 0.25) is 5.91 Å². The molecule has 0 aliphatic heterocycles. The molecule has 2 aromatic rings. The molecule has 0 saturated heterocycles. The number of urea groups is 1. The number of anilines is 2. The SMILES string of the molecule is CC(=O)Nc1ccc(NC(=O)N[C@@H](C)c2ccc(C)o2)cc1. The van der Waals surface area contributed by atoms with Gasteiger partial charge in [-0.25, -0.2) is 4.79 Å². The van der Waals surface area contributed by atoms with E-state index in [0.717, 1.165) is 5.76 Å². The van der Waals surface area contributed by atoms with Gasteiger partial charge in [-0.2, -0.15) is 0 Å². The van der Waals surface area contributed by atoms with E-state index >= 15 is 0 Å². The molecule has 0 unspecified atom stereocenters. The molecule has 0 radical (unpaired) electrons. The lowest BCUT2D eigenvalue weighted by atomic mass is 10.2. The molecular weight excluding hydrogens is 282 g/mol. The molecule has 0 fully saturated rings. The third-order valence-electron chi connectivity index (χ3n) is 3.00. The summed E-state index contributed by atoms with van der Waals surface area (Å²) in [6.45, 7) is 5.14. The first-order valence-electron chi connectivity index (χ1n) is 6.95. The molecule has 1 heterocycles. The van der Waals surface area contributed by atoms with E-state index in [9.17, 15) is 9.59 Å². The van der Waals surface area contributed by atoms with Crippen LogP contribution in [-0.2, 0) is 4.79 Å². The highest BCUT2D eigenvalue weighted by molar-refractivity contribution is 5.91. The third-order valence-corrected chi connectivity index (χ3v) is 3.00. The van der Waals surface area contributed by atoms with Crippen molar-refractivity contribution in [3.05, 3.63) is 47.9 Å². The second-order valence-corrected chi connectivity index (χ2v) is 5.03.